The molecule has 0 aromatic heterocycles. The zero-order valence-electron chi connectivity index (χ0n) is 16.3. The van der Waals surface area contributed by atoms with Crippen LogP contribution in [0, 0.1) is 0 Å². The lowest BCUT2D eigenvalue weighted by molar-refractivity contribution is -0.914. The quantitative estimate of drug-likeness (QED) is 0.771. The van der Waals surface area contributed by atoms with Gasteiger partial charge in [-0.25, -0.2) is 0 Å². The van der Waals surface area contributed by atoms with Gasteiger partial charge in [0.2, 0.25) is 0 Å². The minimum atomic E-state index is -0.0272. The van der Waals surface area contributed by atoms with Gasteiger partial charge in [0.1, 0.15) is 5.75 Å². The molecule has 1 atom stereocenters. The lowest BCUT2D eigenvalue weighted by Gasteiger charge is -2.36. The molecule has 1 aliphatic rings. The summed E-state index contributed by atoms with van der Waals surface area (Å²) in [5, 5.41) is 3.10. The molecule has 0 radical (unpaired) electrons. The number of carbonyl (C=O) groups is 1. The fourth-order valence-corrected chi connectivity index (χ4v) is 3.67. The highest BCUT2D eigenvalue weighted by atomic mass is 16.5. The number of rotatable bonds is 7. The van der Waals surface area contributed by atoms with Crippen molar-refractivity contribution in [2.24, 2.45) is 0 Å². The maximum atomic E-state index is 12.5. The van der Waals surface area contributed by atoms with Crippen LogP contribution in [0.5, 0.6) is 5.75 Å². The number of quaternary nitrogens is 1. The van der Waals surface area contributed by atoms with Gasteiger partial charge >= 0.3 is 0 Å². The Labute approximate surface area is 161 Å². The lowest BCUT2D eigenvalue weighted by atomic mass is 10.1. The van der Waals surface area contributed by atoms with Gasteiger partial charge in [-0.3, -0.25) is 4.79 Å². The second-order valence-electron chi connectivity index (χ2n) is 7.07. The molecule has 1 amide bonds. The number of amides is 1. The summed E-state index contributed by atoms with van der Waals surface area (Å²) < 4.78 is 5.48. The molecule has 27 heavy (non-hydrogen) atoms. The van der Waals surface area contributed by atoms with E-state index >= 15 is 0 Å². The highest BCUT2D eigenvalue weighted by molar-refractivity contribution is 5.79. The zero-order valence-corrected chi connectivity index (χ0v) is 16.3. The lowest BCUT2D eigenvalue weighted by Crippen LogP contribution is -3.19. The molecule has 3 rings (SSSR count). The number of carbonyl (C=O) groups excluding carboxylic acids is 1. The van der Waals surface area contributed by atoms with E-state index in [0.717, 1.165) is 44.0 Å². The van der Waals surface area contributed by atoms with E-state index in [1.54, 1.807) is 7.11 Å². The van der Waals surface area contributed by atoms with Gasteiger partial charge in [-0.2, -0.15) is 0 Å². The zero-order chi connectivity index (χ0) is 19.1. The number of hydrogen-bond acceptors (Lipinski definition) is 3. The second kappa shape index (κ2) is 9.42. The van der Waals surface area contributed by atoms with Crippen LogP contribution >= 0.6 is 0 Å². The van der Waals surface area contributed by atoms with E-state index in [9.17, 15) is 4.79 Å². The number of piperazine rings is 1. The second-order valence-corrected chi connectivity index (χ2v) is 7.07. The normalized spacial score (nSPS) is 16.0. The Kier molecular flexibility index (Phi) is 6.71. The van der Waals surface area contributed by atoms with Crippen LogP contribution in [0.4, 0.5) is 5.69 Å². The maximum absolute atomic E-state index is 12.5. The average molecular weight is 369 g/mol. The van der Waals surface area contributed by atoms with Crippen LogP contribution in [0.25, 0.3) is 0 Å². The van der Waals surface area contributed by atoms with E-state index in [4.69, 9.17) is 4.74 Å². The van der Waals surface area contributed by atoms with Crippen molar-refractivity contribution in [1.82, 2.24) is 5.32 Å². The van der Waals surface area contributed by atoms with Crippen molar-refractivity contribution in [3.63, 3.8) is 0 Å². The Morgan fingerprint density at radius 1 is 1.11 bits per heavy atom. The van der Waals surface area contributed by atoms with Gasteiger partial charge < -0.3 is 19.9 Å². The van der Waals surface area contributed by atoms with Crippen molar-refractivity contribution in [2.45, 2.75) is 19.4 Å². The molecule has 1 fully saturated rings. The topological polar surface area (TPSA) is 46.0 Å². The van der Waals surface area contributed by atoms with Gasteiger partial charge in [0.25, 0.3) is 5.91 Å². The summed E-state index contributed by atoms with van der Waals surface area (Å²) in [6, 6.07) is 18.4. The van der Waals surface area contributed by atoms with Crippen LogP contribution in [0.3, 0.4) is 0 Å². The number of hydrogen-bond donors (Lipinski definition) is 2. The van der Waals surface area contributed by atoms with Gasteiger partial charge in [0, 0.05) is 6.54 Å². The van der Waals surface area contributed by atoms with Gasteiger partial charge in [0.15, 0.2) is 6.04 Å². The summed E-state index contributed by atoms with van der Waals surface area (Å²) in [6.45, 7) is 6.48. The van der Waals surface area contributed by atoms with Gasteiger partial charge in [0.05, 0.1) is 39.0 Å². The number of nitrogens with one attached hydrogen (secondary N) is 2. The summed E-state index contributed by atoms with van der Waals surface area (Å²) >= 11 is 0. The molecular weight excluding hydrogens is 338 g/mol. The number of para-hydroxylation sites is 2. The molecule has 0 spiro atoms. The fourth-order valence-electron chi connectivity index (χ4n) is 3.67. The summed E-state index contributed by atoms with van der Waals surface area (Å²) in [7, 11) is 1.71. The molecule has 5 nitrogen and oxygen atoms in total. The first-order chi connectivity index (χ1) is 13.2. The minimum absolute atomic E-state index is 0.0272. The molecule has 5 heteroatoms. The Hall–Kier alpha value is -2.53. The van der Waals surface area contributed by atoms with Crippen LogP contribution in [0.15, 0.2) is 54.6 Å². The molecular formula is C22H30N3O2+. The summed E-state index contributed by atoms with van der Waals surface area (Å²) in [5.41, 5.74) is 2.39. The molecule has 2 aromatic rings. The number of benzene rings is 2. The minimum Gasteiger partial charge on any atom is -0.495 e. The monoisotopic (exact) mass is 368 g/mol. The SMILES string of the molecule is COc1ccccc1N1CC[NH+]([C@@H](C)C(=O)NCCc2ccccc2)CC1. The third-order valence-electron chi connectivity index (χ3n) is 5.39. The third kappa shape index (κ3) is 5.01. The van der Waals surface area contributed by atoms with Gasteiger partial charge in [-0.1, -0.05) is 42.5 Å². The molecule has 0 unspecified atom stereocenters. The molecule has 2 aromatic carbocycles. The van der Waals surface area contributed by atoms with Crippen molar-refractivity contribution >= 4 is 11.6 Å². The molecule has 2 N–H and O–H groups in total. The maximum Gasteiger partial charge on any atom is 0.278 e. The highest BCUT2D eigenvalue weighted by Gasteiger charge is 2.29. The molecule has 1 heterocycles. The van der Waals surface area contributed by atoms with Crippen LogP contribution in [-0.4, -0.2) is 51.8 Å². The van der Waals surface area contributed by atoms with E-state index in [1.807, 2.05) is 43.3 Å². The summed E-state index contributed by atoms with van der Waals surface area (Å²) in [5.74, 6) is 1.05. The Morgan fingerprint density at radius 3 is 2.48 bits per heavy atom. The first-order valence-corrected chi connectivity index (χ1v) is 9.73. The van der Waals surface area contributed by atoms with Crippen molar-refractivity contribution in [2.75, 3.05) is 44.7 Å². The molecule has 0 aliphatic carbocycles. The van der Waals surface area contributed by atoms with Crippen molar-refractivity contribution in [3.05, 3.63) is 60.2 Å². The molecule has 144 valence electrons. The number of ether oxygens (including phenoxy) is 1. The van der Waals surface area contributed by atoms with Crippen molar-refractivity contribution in [1.29, 1.82) is 0 Å². The van der Waals surface area contributed by atoms with Crippen LogP contribution < -0.4 is 19.9 Å². The predicted molar refractivity (Wildman–Crippen MR) is 109 cm³/mol. The van der Waals surface area contributed by atoms with E-state index in [0.29, 0.717) is 6.54 Å². The van der Waals surface area contributed by atoms with E-state index in [1.165, 1.54) is 10.5 Å². The van der Waals surface area contributed by atoms with Crippen molar-refractivity contribution in [3.8, 4) is 5.75 Å². The van der Waals surface area contributed by atoms with E-state index in [2.05, 4.69) is 28.4 Å². The molecule has 1 aliphatic heterocycles. The number of methoxy groups -OCH3 is 1. The standard InChI is InChI=1S/C22H29N3O2/c1-18(22(26)23-13-12-19-8-4-3-5-9-19)24-14-16-25(17-15-24)20-10-6-7-11-21(20)27-2/h3-11,18H,12-17H2,1-2H3,(H,23,26)/p+1/t18-/m0/s1. The molecule has 1 saturated heterocycles. The van der Waals surface area contributed by atoms with Crippen molar-refractivity contribution < 1.29 is 14.4 Å². The average Bonchev–Trinajstić information content (AvgIpc) is 2.74. The Morgan fingerprint density at radius 2 is 1.78 bits per heavy atom. The first kappa shape index (κ1) is 19.2. The van der Waals surface area contributed by atoms with Crippen LogP contribution in [0.2, 0.25) is 0 Å². The van der Waals surface area contributed by atoms with E-state index in [-0.39, 0.29) is 11.9 Å². The molecule has 0 bridgehead atoms. The number of nitrogens with zero attached hydrogens (tertiary/aromatic N) is 1. The predicted octanol–water partition coefficient (Wildman–Crippen LogP) is 1.15. The third-order valence-corrected chi connectivity index (χ3v) is 5.39. The van der Waals surface area contributed by atoms with E-state index < -0.39 is 0 Å². The van der Waals surface area contributed by atoms with Crippen LogP contribution in [0.1, 0.15) is 12.5 Å². The Bertz CT molecular complexity index is 727. The smallest absolute Gasteiger partial charge is 0.278 e. The molecule has 0 saturated carbocycles. The largest absolute Gasteiger partial charge is 0.495 e. The van der Waals surface area contributed by atoms with Gasteiger partial charge in [-0.05, 0) is 31.0 Å². The highest BCUT2D eigenvalue weighted by Crippen LogP contribution is 2.27. The first-order valence-electron chi connectivity index (χ1n) is 9.73. The van der Waals surface area contributed by atoms with Crippen LogP contribution in [-0.2, 0) is 11.2 Å². The fraction of sp³-hybridized carbons (Fsp3) is 0.409. The van der Waals surface area contributed by atoms with Gasteiger partial charge in [-0.15, -0.1) is 0 Å². The summed E-state index contributed by atoms with van der Waals surface area (Å²) in [6.07, 6.45) is 0.871. The number of anilines is 1. The summed E-state index contributed by atoms with van der Waals surface area (Å²) in [4.78, 5) is 16.2. The Balaban J connectivity index is 1.46.